The third-order valence-electron chi connectivity index (χ3n) is 6.39. The molecule has 0 N–H and O–H groups in total. The first-order valence-corrected chi connectivity index (χ1v) is 12.4. The second-order valence-corrected chi connectivity index (χ2v) is 9.36. The fraction of sp³-hybridized carbons (Fsp3) is 0.680. The van der Waals surface area contributed by atoms with Gasteiger partial charge in [-0.1, -0.05) is 0 Å². The molecule has 2 fully saturated rings. The van der Waals surface area contributed by atoms with E-state index < -0.39 is 97.4 Å². The molecule has 0 aromatic heterocycles. The van der Waals surface area contributed by atoms with Gasteiger partial charge in [-0.3, -0.25) is 24.0 Å². The molecule has 0 bridgehead atoms. The summed E-state index contributed by atoms with van der Waals surface area (Å²) in [6, 6.07) is 0. The number of cyclic esters (lactones) is 1. The Bertz CT molecular complexity index is 1050. The zero-order chi connectivity index (χ0) is 29.7. The summed E-state index contributed by atoms with van der Waals surface area (Å²) >= 11 is 0. The smallest absolute Gasteiger partial charge is 0.337 e. The Morgan fingerprint density at radius 2 is 1.48 bits per heavy atom. The largest absolute Gasteiger partial charge is 0.471 e. The van der Waals surface area contributed by atoms with Crippen molar-refractivity contribution in [3.63, 3.8) is 0 Å². The first kappa shape index (κ1) is 30.8. The Balaban J connectivity index is 2.01. The fourth-order valence-corrected chi connectivity index (χ4v) is 4.89. The van der Waals surface area contributed by atoms with Crippen molar-refractivity contribution in [1.82, 2.24) is 0 Å². The van der Waals surface area contributed by atoms with E-state index in [4.69, 9.17) is 42.6 Å². The Hall–Kier alpha value is -3.72. The Morgan fingerprint density at radius 3 is 2.05 bits per heavy atom. The zero-order valence-corrected chi connectivity index (χ0v) is 22.8. The zero-order valence-electron chi connectivity index (χ0n) is 22.8. The van der Waals surface area contributed by atoms with E-state index in [0.29, 0.717) is 0 Å². The summed E-state index contributed by atoms with van der Waals surface area (Å²) < 4.78 is 49.2. The molecule has 3 heterocycles. The maximum atomic E-state index is 12.4. The molecule has 0 aromatic carbocycles. The standard InChI is InChI=1S/C25H32O15/c1-10-19-15(7-18(30)35-10)16(23(31)32-6)8-34-24(19)40-25-22(38-14(5)29)21(37-13(4)28)20(36-12(3)27)17(39-25)9-33-11(2)26/h8,10,15,17,19-22,24-25H,7,9H2,1-6H3/t10-,15+,17-,19-,20-,21+,22-,24+,25-/m0/s1. The Morgan fingerprint density at radius 1 is 0.875 bits per heavy atom. The molecule has 222 valence electrons. The van der Waals surface area contributed by atoms with Gasteiger partial charge in [0.2, 0.25) is 12.6 Å². The van der Waals surface area contributed by atoms with Gasteiger partial charge >= 0.3 is 35.8 Å². The number of rotatable bonds is 8. The van der Waals surface area contributed by atoms with Crippen LogP contribution in [0.3, 0.4) is 0 Å². The summed E-state index contributed by atoms with van der Waals surface area (Å²) in [6.45, 7) is 5.57. The number of methoxy groups -OCH3 is 1. The topological polar surface area (TPSA) is 185 Å². The molecule has 2 saturated heterocycles. The van der Waals surface area contributed by atoms with Crippen molar-refractivity contribution < 1.29 is 71.4 Å². The van der Waals surface area contributed by atoms with Crippen molar-refractivity contribution >= 4 is 35.8 Å². The first-order valence-electron chi connectivity index (χ1n) is 12.4. The van der Waals surface area contributed by atoms with Crippen LogP contribution in [0, 0.1) is 11.8 Å². The average Bonchev–Trinajstić information content (AvgIpc) is 2.84. The molecule has 15 heteroatoms. The van der Waals surface area contributed by atoms with E-state index in [-0.39, 0.29) is 12.0 Å². The van der Waals surface area contributed by atoms with E-state index in [0.717, 1.165) is 34.0 Å². The minimum atomic E-state index is -1.54. The highest BCUT2D eigenvalue weighted by Gasteiger charge is 2.56. The molecule has 0 amide bonds. The highest BCUT2D eigenvalue weighted by molar-refractivity contribution is 5.90. The molecule has 3 rings (SSSR count). The van der Waals surface area contributed by atoms with Crippen LogP contribution in [0.2, 0.25) is 0 Å². The molecule has 3 aliphatic heterocycles. The molecule has 15 nitrogen and oxygen atoms in total. The van der Waals surface area contributed by atoms with Crippen molar-refractivity contribution in [2.45, 2.75) is 84.1 Å². The average molecular weight is 573 g/mol. The summed E-state index contributed by atoms with van der Waals surface area (Å²) in [6.07, 6.45) is -8.19. The Labute approximate surface area is 229 Å². The van der Waals surface area contributed by atoms with Gasteiger partial charge in [0.25, 0.3) is 0 Å². The van der Waals surface area contributed by atoms with Crippen LogP contribution in [-0.2, 0) is 71.4 Å². The third kappa shape index (κ3) is 7.27. The molecule has 9 atom stereocenters. The fourth-order valence-electron chi connectivity index (χ4n) is 4.89. The monoisotopic (exact) mass is 572 g/mol. The van der Waals surface area contributed by atoms with E-state index in [2.05, 4.69) is 0 Å². The van der Waals surface area contributed by atoms with Crippen LogP contribution in [0.25, 0.3) is 0 Å². The number of carbonyl (C=O) groups excluding carboxylic acids is 6. The van der Waals surface area contributed by atoms with Crippen LogP contribution in [0.4, 0.5) is 0 Å². The maximum absolute atomic E-state index is 12.4. The number of carbonyl (C=O) groups is 6. The van der Waals surface area contributed by atoms with Crippen molar-refractivity contribution in [3.8, 4) is 0 Å². The lowest BCUT2D eigenvalue weighted by molar-refractivity contribution is -0.348. The molecule has 0 radical (unpaired) electrons. The third-order valence-corrected chi connectivity index (χ3v) is 6.39. The SMILES string of the molecule is COC(=O)C1=CO[C@H](O[C@@H]2O[C@@H](COC(C)=O)[C@H](OC(C)=O)[C@@H](OC(C)=O)[C@@H]2OC(C)=O)[C@H]2[C@H](C)OC(=O)C[C@H]12. The number of fused-ring (bicyclic) bond motifs is 1. The highest BCUT2D eigenvalue weighted by atomic mass is 16.8. The summed E-state index contributed by atoms with van der Waals surface area (Å²) in [5, 5.41) is 0. The highest BCUT2D eigenvalue weighted by Crippen LogP contribution is 2.42. The summed E-state index contributed by atoms with van der Waals surface area (Å²) in [5.41, 5.74) is 0.0948. The molecular formula is C25H32O15. The predicted molar refractivity (Wildman–Crippen MR) is 125 cm³/mol. The lowest BCUT2D eigenvalue weighted by atomic mass is 9.77. The molecule has 3 aliphatic rings. The van der Waals surface area contributed by atoms with Gasteiger partial charge in [-0.15, -0.1) is 0 Å². The lowest BCUT2D eigenvalue weighted by Gasteiger charge is -2.47. The van der Waals surface area contributed by atoms with E-state index in [9.17, 15) is 28.8 Å². The second kappa shape index (κ2) is 13.1. The van der Waals surface area contributed by atoms with Crippen molar-refractivity contribution in [1.29, 1.82) is 0 Å². The van der Waals surface area contributed by atoms with Gasteiger partial charge < -0.3 is 42.6 Å². The van der Waals surface area contributed by atoms with E-state index in [1.165, 1.54) is 7.11 Å². The van der Waals surface area contributed by atoms with Gasteiger partial charge in [0.15, 0.2) is 18.3 Å². The van der Waals surface area contributed by atoms with Gasteiger partial charge in [0.05, 0.1) is 31.3 Å². The van der Waals surface area contributed by atoms with Crippen LogP contribution < -0.4 is 0 Å². The van der Waals surface area contributed by atoms with Gasteiger partial charge in [0.1, 0.15) is 18.8 Å². The molecular weight excluding hydrogens is 540 g/mol. The van der Waals surface area contributed by atoms with Crippen molar-refractivity contribution in [2.24, 2.45) is 11.8 Å². The lowest BCUT2D eigenvalue weighted by Crippen LogP contribution is -2.64. The van der Waals surface area contributed by atoms with Gasteiger partial charge in [0, 0.05) is 33.6 Å². The molecule has 0 spiro atoms. The minimum Gasteiger partial charge on any atom is -0.471 e. The van der Waals surface area contributed by atoms with Crippen molar-refractivity contribution in [2.75, 3.05) is 13.7 Å². The Kier molecular flexibility index (Phi) is 10.1. The van der Waals surface area contributed by atoms with Crippen LogP contribution >= 0.6 is 0 Å². The first-order chi connectivity index (χ1) is 18.8. The molecule has 0 saturated carbocycles. The van der Waals surface area contributed by atoms with Gasteiger partial charge in [-0.25, -0.2) is 4.79 Å². The number of hydrogen-bond donors (Lipinski definition) is 0. The van der Waals surface area contributed by atoms with Crippen LogP contribution in [0.5, 0.6) is 0 Å². The van der Waals surface area contributed by atoms with Gasteiger partial charge in [-0.05, 0) is 6.92 Å². The molecule has 40 heavy (non-hydrogen) atoms. The summed E-state index contributed by atoms with van der Waals surface area (Å²) in [7, 11) is 1.18. The number of esters is 6. The van der Waals surface area contributed by atoms with Crippen molar-refractivity contribution in [3.05, 3.63) is 11.8 Å². The van der Waals surface area contributed by atoms with E-state index >= 15 is 0 Å². The number of hydrogen-bond acceptors (Lipinski definition) is 15. The summed E-state index contributed by atoms with van der Waals surface area (Å²) in [4.78, 5) is 72.1. The number of ether oxygens (including phenoxy) is 9. The van der Waals surface area contributed by atoms with E-state index in [1.54, 1.807) is 6.92 Å². The quantitative estimate of drug-likeness (QED) is 0.281. The molecule has 0 unspecified atom stereocenters. The maximum Gasteiger partial charge on any atom is 0.337 e. The van der Waals surface area contributed by atoms with Crippen LogP contribution in [0.1, 0.15) is 41.0 Å². The minimum absolute atomic E-state index is 0.0948. The van der Waals surface area contributed by atoms with Gasteiger partial charge in [-0.2, -0.15) is 0 Å². The predicted octanol–water partition coefficient (Wildman–Crippen LogP) is 0.0671. The second-order valence-electron chi connectivity index (χ2n) is 9.36. The normalized spacial score (nSPS) is 33.1. The molecule has 0 aromatic rings. The van der Waals surface area contributed by atoms with E-state index in [1.807, 2.05) is 0 Å². The van der Waals surface area contributed by atoms with Crippen LogP contribution in [0.15, 0.2) is 11.8 Å². The van der Waals surface area contributed by atoms with Crippen LogP contribution in [-0.4, -0.2) is 92.6 Å². The summed E-state index contributed by atoms with van der Waals surface area (Å²) in [5.74, 6) is -5.79. The molecule has 0 aliphatic carbocycles.